The molecule has 12 heteroatoms. The number of oxime groups is 1. The number of hydrogen-bond acceptors (Lipinski definition) is 7. The number of halogens is 1. The van der Waals surface area contributed by atoms with Crippen molar-refractivity contribution in [1.29, 1.82) is 0 Å². The Morgan fingerprint density at radius 2 is 1.59 bits per heavy atom. The SMILES string of the molecule is CN(C)C(=O)C(S)=NOC(=O)N(C)SCCSN(C)C(=O)F. The van der Waals surface area contributed by atoms with E-state index in [0.29, 0.717) is 11.5 Å². The molecule has 22 heavy (non-hydrogen) atoms. The Morgan fingerprint density at radius 3 is 2.05 bits per heavy atom. The molecule has 0 aliphatic heterocycles. The van der Waals surface area contributed by atoms with Gasteiger partial charge in [-0.2, -0.15) is 0 Å². The fourth-order valence-electron chi connectivity index (χ4n) is 0.831. The normalized spacial score (nSPS) is 10.9. The van der Waals surface area contributed by atoms with Crippen molar-refractivity contribution < 1.29 is 23.6 Å². The van der Waals surface area contributed by atoms with Gasteiger partial charge in [0, 0.05) is 39.7 Å². The smallest absolute Gasteiger partial charge is 0.343 e. The molecule has 126 valence electrons. The van der Waals surface area contributed by atoms with Gasteiger partial charge in [-0.15, -0.1) is 17.0 Å². The summed E-state index contributed by atoms with van der Waals surface area (Å²) in [6, 6.07) is 0. The minimum absolute atomic E-state index is 0.254. The second kappa shape index (κ2) is 10.6. The standard InChI is InChI=1S/C10H17FN4O4S3/c1-13(2)8(16)7(20)12-19-10(18)15(4)22-6-5-21-14(3)9(11)17/h5-6H2,1-4H3,(H,12,20). The van der Waals surface area contributed by atoms with E-state index in [0.717, 1.165) is 32.5 Å². The number of carbonyl (C=O) groups excluding carboxylic acids is 3. The molecule has 0 aromatic heterocycles. The number of nitrogens with zero attached hydrogens (tertiary/aromatic N) is 4. The average molecular weight is 372 g/mol. The molecule has 0 saturated carbocycles. The highest BCUT2D eigenvalue weighted by molar-refractivity contribution is 8.01. The number of carbonyl (C=O) groups is 3. The number of amides is 3. The molecule has 0 radical (unpaired) electrons. The zero-order valence-electron chi connectivity index (χ0n) is 12.5. The Balaban J connectivity index is 4.10. The van der Waals surface area contributed by atoms with Gasteiger partial charge in [0.25, 0.3) is 5.91 Å². The third kappa shape index (κ3) is 8.34. The number of hydrogen-bond donors (Lipinski definition) is 1. The van der Waals surface area contributed by atoms with Crippen molar-refractivity contribution in [3.05, 3.63) is 0 Å². The zero-order valence-corrected chi connectivity index (χ0v) is 15.0. The molecule has 0 fully saturated rings. The fraction of sp³-hybridized carbons (Fsp3) is 0.600. The Hall–Kier alpha value is -1.14. The molecule has 0 unspecified atom stereocenters. The van der Waals surface area contributed by atoms with Crippen LogP contribution >= 0.6 is 36.5 Å². The summed E-state index contributed by atoms with van der Waals surface area (Å²) in [6.45, 7) is 0. The molecular formula is C10H17FN4O4S3. The minimum Gasteiger partial charge on any atom is -0.343 e. The largest absolute Gasteiger partial charge is 0.445 e. The van der Waals surface area contributed by atoms with Gasteiger partial charge in [-0.25, -0.2) is 9.59 Å². The van der Waals surface area contributed by atoms with Crippen molar-refractivity contribution >= 4 is 59.7 Å². The van der Waals surface area contributed by atoms with Gasteiger partial charge < -0.3 is 4.90 Å². The maximum Gasteiger partial charge on any atom is 0.445 e. The molecule has 0 aliphatic carbocycles. The molecule has 8 nitrogen and oxygen atoms in total. The van der Waals surface area contributed by atoms with Crippen molar-refractivity contribution in [2.24, 2.45) is 5.16 Å². The van der Waals surface area contributed by atoms with E-state index in [9.17, 15) is 18.8 Å². The Labute approximate surface area is 142 Å². The van der Waals surface area contributed by atoms with Gasteiger partial charge in [-0.05, 0) is 23.9 Å². The van der Waals surface area contributed by atoms with E-state index in [1.807, 2.05) is 0 Å². The molecule has 3 amide bonds. The Morgan fingerprint density at radius 1 is 1.09 bits per heavy atom. The van der Waals surface area contributed by atoms with Crippen LogP contribution in [-0.4, -0.2) is 76.4 Å². The van der Waals surface area contributed by atoms with E-state index in [1.54, 1.807) is 0 Å². The van der Waals surface area contributed by atoms with Crippen molar-refractivity contribution in [3.8, 4) is 0 Å². The average Bonchev–Trinajstić information content (AvgIpc) is 2.46. The van der Waals surface area contributed by atoms with E-state index in [-0.39, 0.29) is 5.04 Å². The first kappa shape index (κ1) is 20.9. The lowest BCUT2D eigenvalue weighted by molar-refractivity contribution is -0.121. The van der Waals surface area contributed by atoms with E-state index in [2.05, 4.69) is 22.6 Å². The fourth-order valence-corrected chi connectivity index (χ4v) is 2.46. The van der Waals surface area contributed by atoms with E-state index in [1.165, 1.54) is 33.1 Å². The Bertz CT molecular complexity index is 450. The molecular weight excluding hydrogens is 355 g/mol. The van der Waals surface area contributed by atoms with Crippen LogP contribution in [0.4, 0.5) is 14.0 Å². The van der Waals surface area contributed by atoms with Crippen LogP contribution in [0.3, 0.4) is 0 Å². The highest BCUT2D eigenvalue weighted by Crippen LogP contribution is 2.14. The first-order chi connectivity index (χ1) is 10.2. The molecule has 0 N–H and O–H groups in total. The first-order valence-corrected chi connectivity index (χ1v) is 8.12. The summed E-state index contributed by atoms with van der Waals surface area (Å²) >= 11 is 5.89. The van der Waals surface area contributed by atoms with Crippen LogP contribution in [0.15, 0.2) is 5.16 Å². The van der Waals surface area contributed by atoms with Gasteiger partial charge in [0.05, 0.1) is 0 Å². The van der Waals surface area contributed by atoms with E-state index >= 15 is 0 Å². The molecule has 0 aliphatic rings. The lowest BCUT2D eigenvalue weighted by Gasteiger charge is -2.14. The Kier molecular flexibility index (Phi) is 10.0. The summed E-state index contributed by atoms with van der Waals surface area (Å²) in [5, 5.41) is 3.07. The molecule has 0 saturated heterocycles. The third-order valence-electron chi connectivity index (χ3n) is 1.97. The summed E-state index contributed by atoms with van der Waals surface area (Å²) < 4.78 is 14.2. The topological polar surface area (TPSA) is 82.5 Å². The van der Waals surface area contributed by atoms with Crippen LogP contribution in [0, 0.1) is 0 Å². The van der Waals surface area contributed by atoms with Gasteiger partial charge in [0.2, 0.25) is 0 Å². The summed E-state index contributed by atoms with van der Waals surface area (Å²) in [4.78, 5) is 39.1. The highest BCUT2D eigenvalue weighted by atomic mass is 32.2. The van der Waals surface area contributed by atoms with Gasteiger partial charge in [0.15, 0.2) is 5.04 Å². The summed E-state index contributed by atoms with van der Waals surface area (Å²) in [5.74, 6) is 0.345. The molecule has 0 heterocycles. The van der Waals surface area contributed by atoms with Crippen molar-refractivity contribution in [2.75, 3.05) is 39.7 Å². The van der Waals surface area contributed by atoms with E-state index < -0.39 is 18.2 Å². The highest BCUT2D eigenvalue weighted by Gasteiger charge is 2.15. The van der Waals surface area contributed by atoms with Crippen LogP contribution in [0.5, 0.6) is 0 Å². The van der Waals surface area contributed by atoms with Gasteiger partial charge in [-0.1, -0.05) is 5.16 Å². The molecule has 0 bridgehead atoms. The second-order valence-corrected chi connectivity index (χ2v) is 6.74. The van der Waals surface area contributed by atoms with Crippen LogP contribution in [0.25, 0.3) is 0 Å². The molecule has 0 aromatic rings. The molecule has 0 aromatic carbocycles. The van der Waals surface area contributed by atoms with Gasteiger partial charge >= 0.3 is 12.3 Å². The molecule has 0 atom stereocenters. The van der Waals surface area contributed by atoms with Crippen LogP contribution < -0.4 is 0 Å². The quantitative estimate of drug-likeness (QED) is 0.0843. The number of thiol groups is 1. The predicted octanol–water partition coefficient (Wildman–Crippen LogP) is 1.70. The minimum atomic E-state index is -1.54. The lowest BCUT2D eigenvalue weighted by atomic mass is 10.6. The molecule has 0 rings (SSSR count). The number of rotatable bonds is 7. The lowest BCUT2D eigenvalue weighted by Crippen LogP contribution is -2.28. The van der Waals surface area contributed by atoms with Gasteiger partial charge in [-0.3, -0.25) is 18.2 Å². The predicted molar refractivity (Wildman–Crippen MR) is 88.5 cm³/mol. The van der Waals surface area contributed by atoms with Crippen molar-refractivity contribution in [3.63, 3.8) is 0 Å². The van der Waals surface area contributed by atoms with Crippen LogP contribution in [0.2, 0.25) is 0 Å². The first-order valence-electron chi connectivity index (χ1n) is 5.79. The zero-order chi connectivity index (χ0) is 17.3. The maximum atomic E-state index is 12.2. The van der Waals surface area contributed by atoms with E-state index in [4.69, 9.17) is 0 Å². The third-order valence-corrected chi connectivity index (χ3v) is 4.34. The molecule has 0 spiro atoms. The van der Waals surface area contributed by atoms with Crippen molar-refractivity contribution in [1.82, 2.24) is 13.5 Å². The van der Waals surface area contributed by atoms with Crippen LogP contribution in [0.1, 0.15) is 0 Å². The summed E-state index contributed by atoms with van der Waals surface area (Å²) in [5.41, 5.74) is 0. The monoisotopic (exact) mass is 372 g/mol. The van der Waals surface area contributed by atoms with Crippen LogP contribution in [-0.2, 0) is 9.63 Å². The summed E-state index contributed by atoms with van der Waals surface area (Å²) in [7, 11) is 5.77. The second-order valence-electron chi connectivity index (χ2n) is 3.89. The van der Waals surface area contributed by atoms with Gasteiger partial charge in [0.1, 0.15) is 0 Å². The maximum absolute atomic E-state index is 12.2. The van der Waals surface area contributed by atoms with Crippen molar-refractivity contribution in [2.45, 2.75) is 0 Å². The summed E-state index contributed by atoms with van der Waals surface area (Å²) in [6.07, 6.45) is -2.33.